The van der Waals surface area contributed by atoms with E-state index in [1.807, 2.05) is 12.1 Å². The molecule has 0 radical (unpaired) electrons. The summed E-state index contributed by atoms with van der Waals surface area (Å²) in [6.07, 6.45) is 6.51. The van der Waals surface area contributed by atoms with Crippen LogP contribution in [0.5, 0.6) is 23.0 Å². The van der Waals surface area contributed by atoms with Gasteiger partial charge in [0, 0.05) is 23.4 Å². The topological polar surface area (TPSA) is 53.9 Å². The summed E-state index contributed by atoms with van der Waals surface area (Å²) in [5, 5.41) is 2.08. The third-order valence-corrected chi connectivity index (χ3v) is 5.95. The quantitative estimate of drug-likeness (QED) is 0.477. The number of ether oxygens (including phenoxy) is 4. The minimum absolute atomic E-state index is 0.275. The lowest BCUT2D eigenvalue weighted by Crippen LogP contribution is -2.40. The molecule has 0 bridgehead atoms. The molecule has 2 aromatic carbocycles. The summed E-state index contributed by atoms with van der Waals surface area (Å²) in [5.41, 5.74) is 5.60. The standard InChI is InChI=1S/C24H20NO5/c1-26-23-9-16(15-4-6-28-12-15)18-8-20-17-10-22-21(29-13-30-22)7-14(17)3-5-25(20)11-19(18)24(23)27-2/h4,6-12H,3,5,13H2,1-2H3/q+1. The second-order valence-electron chi connectivity index (χ2n) is 7.46. The van der Waals surface area contributed by atoms with Crippen LogP contribution in [-0.2, 0) is 13.0 Å². The number of pyridine rings is 1. The fourth-order valence-corrected chi connectivity index (χ4v) is 4.51. The smallest absolute Gasteiger partial charge is 0.231 e. The van der Waals surface area contributed by atoms with E-state index in [1.165, 1.54) is 11.1 Å². The lowest BCUT2D eigenvalue weighted by molar-refractivity contribution is -0.686. The van der Waals surface area contributed by atoms with Gasteiger partial charge in [-0.2, -0.15) is 4.57 Å². The monoisotopic (exact) mass is 402 g/mol. The van der Waals surface area contributed by atoms with Gasteiger partial charge in [-0.15, -0.1) is 0 Å². The Bertz CT molecular complexity index is 1290. The minimum atomic E-state index is 0.275. The van der Waals surface area contributed by atoms with Gasteiger partial charge in [0.15, 0.2) is 35.7 Å². The molecule has 2 aliphatic rings. The summed E-state index contributed by atoms with van der Waals surface area (Å²) in [6.45, 7) is 1.15. The van der Waals surface area contributed by atoms with Gasteiger partial charge in [0.2, 0.25) is 12.5 Å². The van der Waals surface area contributed by atoms with Gasteiger partial charge in [-0.1, -0.05) is 0 Å². The first kappa shape index (κ1) is 17.2. The maximum absolute atomic E-state index is 5.74. The molecule has 6 rings (SSSR count). The summed E-state index contributed by atoms with van der Waals surface area (Å²) >= 11 is 0. The van der Waals surface area contributed by atoms with E-state index in [9.17, 15) is 0 Å². The molecule has 6 heteroatoms. The zero-order chi connectivity index (χ0) is 20.2. The summed E-state index contributed by atoms with van der Waals surface area (Å²) in [6, 6.07) is 10.4. The highest BCUT2D eigenvalue weighted by atomic mass is 16.7. The maximum Gasteiger partial charge on any atom is 0.231 e. The number of benzene rings is 2. The fourth-order valence-electron chi connectivity index (χ4n) is 4.51. The molecule has 0 aliphatic carbocycles. The molecule has 2 aromatic heterocycles. The predicted octanol–water partition coefficient (Wildman–Crippen LogP) is 4.36. The number of aromatic nitrogens is 1. The zero-order valence-electron chi connectivity index (χ0n) is 16.7. The molecule has 4 aromatic rings. The Balaban J connectivity index is 1.67. The molecule has 150 valence electrons. The highest BCUT2D eigenvalue weighted by Crippen LogP contribution is 2.44. The average molecular weight is 402 g/mol. The van der Waals surface area contributed by atoms with Crippen LogP contribution in [-0.4, -0.2) is 21.0 Å². The van der Waals surface area contributed by atoms with Crippen molar-refractivity contribution in [3.63, 3.8) is 0 Å². The second-order valence-corrected chi connectivity index (χ2v) is 7.46. The Labute approximate surface area is 173 Å². The van der Waals surface area contributed by atoms with Crippen LogP contribution >= 0.6 is 0 Å². The molecule has 0 saturated carbocycles. The summed E-state index contributed by atoms with van der Waals surface area (Å²) in [7, 11) is 3.34. The van der Waals surface area contributed by atoms with Crippen molar-refractivity contribution >= 4 is 10.8 Å². The van der Waals surface area contributed by atoms with Crippen LogP contribution < -0.4 is 23.5 Å². The van der Waals surface area contributed by atoms with Crippen molar-refractivity contribution in [2.75, 3.05) is 21.0 Å². The highest BCUT2D eigenvalue weighted by Gasteiger charge is 2.29. The van der Waals surface area contributed by atoms with E-state index >= 15 is 0 Å². The number of nitrogens with zero attached hydrogens (tertiary/aromatic N) is 1. The molecule has 4 heterocycles. The van der Waals surface area contributed by atoms with Gasteiger partial charge < -0.3 is 23.4 Å². The first-order chi connectivity index (χ1) is 14.8. The Morgan fingerprint density at radius 2 is 1.80 bits per heavy atom. The van der Waals surface area contributed by atoms with Crippen molar-refractivity contribution in [2.24, 2.45) is 0 Å². The average Bonchev–Trinajstić information content (AvgIpc) is 3.47. The van der Waals surface area contributed by atoms with E-state index in [0.717, 1.165) is 57.8 Å². The van der Waals surface area contributed by atoms with Crippen molar-refractivity contribution < 1.29 is 27.9 Å². The largest absolute Gasteiger partial charge is 0.493 e. The maximum atomic E-state index is 5.74. The Kier molecular flexibility index (Phi) is 3.68. The molecule has 0 atom stereocenters. The SMILES string of the molecule is COc1cc(-c2ccoc2)c2cc3[n+](cc2c1OC)CCc1cc2c(cc1-3)OCO2. The van der Waals surface area contributed by atoms with Crippen LogP contribution in [0, 0.1) is 0 Å². The minimum Gasteiger partial charge on any atom is -0.493 e. The van der Waals surface area contributed by atoms with E-state index < -0.39 is 0 Å². The van der Waals surface area contributed by atoms with E-state index in [4.69, 9.17) is 23.4 Å². The normalized spacial score (nSPS) is 13.8. The number of methoxy groups -OCH3 is 2. The molecule has 0 fully saturated rings. The molecule has 0 spiro atoms. The van der Waals surface area contributed by atoms with Crippen molar-refractivity contribution in [2.45, 2.75) is 13.0 Å². The number of furan rings is 1. The molecule has 0 saturated heterocycles. The van der Waals surface area contributed by atoms with E-state index in [-0.39, 0.29) is 6.79 Å². The number of hydrogen-bond acceptors (Lipinski definition) is 5. The third kappa shape index (κ3) is 2.40. The molecular formula is C24H20NO5+. The molecular weight excluding hydrogens is 382 g/mol. The van der Waals surface area contributed by atoms with Crippen LogP contribution in [0.1, 0.15) is 5.56 Å². The summed E-state index contributed by atoms with van der Waals surface area (Å²) in [5.74, 6) is 3.05. The first-order valence-corrected chi connectivity index (χ1v) is 9.84. The molecule has 0 N–H and O–H groups in total. The van der Waals surface area contributed by atoms with Crippen molar-refractivity contribution in [3.8, 4) is 45.4 Å². The van der Waals surface area contributed by atoms with Gasteiger partial charge in [-0.05, 0) is 35.4 Å². The van der Waals surface area contributed by atoms with Crippen molar-refractivity contribution in [1.82, 2.24) is 0 Å². The summed E-state index contributed by atoms with van der Waals surface area (Å²) in [4.78, 5) is 0. The summed E-state index contributed by atoms with van der Waals surface area (Å²) < 4.78 is 30.2. The Morgan fingerprint density at radius 3 is 2.57 bits per heavy atom. The number of hydrogen-bond donors (Lipinski definition) is 0. The lowest BCUT2D eigenvalue weighted by atomic mass is 9.93. The predicted molar refractivity (Wildman–Crippen MR) is 110 cm³/mol. The zero-order valence-corrected chi connectivity index (χ0v) is 16.7. The first-order valence-electron chi connectivity index (χ1n) is 9.84. The molecule has 0 unspecified atom stereocenters. The number of rotatable bonds is 3. The van der Waals surface area contributed by atoms with Crippen LogP contribution in [0.25, 0.3) is 33.2 Å². The molecule has 0 amide bonds. The van der Waals surface area contributed by atoms with Gasteiger partial charge in [-0.3, -0.25) is 0 Å². The second kappa shape index (κ2) is 6.42. The van der Waals surface area contributed by atoms with Crippen LogP contribution in [0.4, 0.5) is 0 Å². The van der Waals surface area contributed by atoms with E-state index in [0.29, 0.717) is 5.75 Å². The molecule has 2 aliphatic heterocycles. The lowest BCUT2D eigenvalue weighted by Gasteiger charge is -2.18. The Hall–Kier alpha value is -3.67. The number of fused-ring (bicyclic) bond motifs is 5. The Morgan fingerprint density at radius 1 is 0.933 bits per heavy atom. The van der Waals surface area contributed by atoms with E-state index in [1.54, 1.807) is 26.7 Å². The third-order valence-electron chi connectivity index (χ3n) is 5.95. The fraction of sp³-hybridized carbons (Fsp3) is 0.208. The highest BCUT2D eigenvalue weighted by molar-refractivity contribution is 6.02. The van der Waals surface area contributed by atoms with Crippen molar-refractivity contribution in [1.29, 1.82) is 0 Å². The van der Waals surface area contributed by atoms with Gasteiger partial charge in [0.05, 0.1) is 37.7 Å². The molecule has 6 nitrogen and oxygen atoms in total. The number of aryl methyl sites for hydroxylation is 2. The van der Waals surface area contributed by atoms with Crippen LogP contribution in [0.3, 0.4) is 0 Å². The van der Waals surface area contributed by atoms with Gasteiger partial charge in [0.25, 0.3) is 0 Å². The molecule has 30 heavy (non-hydrogen) atoms. The van der Waals surface area contributed by atoms with Crippen molar-refractivity contribution in [3.05, 3.63) is 54.6 Å². The van der Waals surface area contributed by atoms with Crippen LogP contribution in [0.2, 0.25) is 0 Å². The van der Waals surface area contributed by atoms with Gasteiger partial charge in [0.1, 0.15) is 0 Å². The van der Waals surface area contributed by atoms with Crippen LogP contribution in [0.15, 0.2) is 53.5 Å². The van der Waals surface area contributed by atoms with Gasteiger partial charge in [-0.25, -0.2) is 0 Å². The van der Waals surface area contributed by atoms with E-state index in [2.05, 4.69) is 29.0 Å². The van der Waals surface area contributed by atoms with Gasteiger partial charge >= 0.3 is 0 Å².